The van der Waals surface area contributed by atoms with E-state index in [1.165, 1.54) is 20.3 Å². The summed E-state index contributed by atoms with van der Waals surface area (Å²) in [6.07, 6.45) is 2.31. The molecule has 0 aliphatic rings. The summed E-state index contributed by atoms with van der Waals surface area (Å²) in [5, 5.41) is 11.7. The lowest BCUT2D eigenvalue weighted by Gasteiger charge is -2.14. The zero-order chi connectivity index (χ0) is 16.4. The summed E-state index contributed by atoms with van der Waals surface area (Å²) in [4.78, 5) is 27.5. The lowest BCUT2D eigenvalue weighted by atomic mass is 10.3. The van der Waals surface area contributed by atoms with Gasteiger partial charge >= 0.3 is 12.2 Å². The second kappa shape index (κ2) is 5.80. The van der Waals surface area contributed by atoms with Crippen molar-refractivity contribution in [3.63, 3.8) is 0 Å². The SMILES string of the molecule is Cn1c(NCc2nccn2C(F)F)c(C#N)c(=O)n(C)c1=O. The van der Waals surface area contributed by atoms with Crippen LogP contribution in [0.1, 0.15) is 17.9 Å². The van der Waals surface area contributed by atoms with E-state index in [9.17, 15) is 18.4 Å². The average molecular weight is 310 g/mol. The van der Waals surface area contributed by atoms with Crippen molar-refractivity contribution in [2.24, 2.45) is 14.1 Å². The molecular formula is C12H12F2N6O2. The molecule has 0 bridgehead atoms. The predicted octanol–water partition coefficient (Wildman–Crippen LogP) is 0.159. The Labute approximate surface area is 122 Å². The number of nitrogens with one attached hydrogen (secondary N) is 1. The topological polar surface area (TPSA) is 97.6 Å². The minimum atomic E-state index is -2.76. The van der Waals surface area contributed by atoms with E-state index in [0.717, 1.165) is 15.3 Å². The highest BCUT2D eigenvalue weighted by Crippen LogP contribution is 2.14. The third-order valence-corrected chi connectivity index (χ3v) is 3.15. The maximum Gasteiger partial charge on any atom is 0.332 e. The van der Waals surface area contributed by atoms with Gasteiger partial charge in [-0.3, -0.25) is 18.5 Å². The van der Waals surface area contributed by atoms with Crippen LogP contribution in [0.4, 0.5) is 14.6 Å². The molecule has 0 fully saturated rings. The van der Waals surface area contributed by atoms with E-state index in [1.54, 1.807) is 6.07 Å². The maximum absolute atomic E-state index is 12.7. The van der Waals surface area contributed by atoms with Crippen LogP contribution in [0.5, 0.6) is 0 Å². The molecule has 0 atom stereocenters. The van der Waals surface area contributed by atoms with Gasteiger partial charge in [0.25, 0.3) is 5.56 Å². The van der Waals surface area contributed by atoms with E-state index in [1.807, 2.05) is 0 Å². The molecule has 0 saturated heterocycles. The van der Waals surface area contributed by atoms with E-state index < -0.39 is 17.8 Å². The quantitative estimate of drug-likeness (QED) is 0.867. The Morgan fingerprint density at radius 2 is 2.05 bits per heavy atom. The van der Waals surface area contributed by atoms with Crippen molar-refractivity contribution in [1.29, 1.82) is 5.26 Å². The molecule has 2 heterocycles. The van der Waals surface area contributed by atoms with Crippen LogP contribution < -0.4 is 16.6 Å². The van der Waals surface area contributed by atoms with Gasteiger partial charge in [-0.05, 0) is 0 Å². The molecule has 0 aliphatic carbocycles. The summed E-state index contributed by atoms with van der Waals surface area (Å²) in [5.74, 6) is -0.0357. The minimum absolute atomic E-state index is 0.00650. The smallest absolute Gasteiger partial charge is 0.332 e. The van der Waals surface area contributed by atoms with Crippen molar-refractivity contribution in [1.82, 2.24) is 18.7 Å². The Morgan fingerprint density at radius 3 is 2.64 bits per heavy atom. The highest BCUT2D eigenvalue weighted by atomic mass is 19.3. The number of hydrogen-bond acceptors (Lipinski definition) is 5. The molecule has 0 aromatic carbocycles. The van der Waals surface area contributed by atoms with Crippen LogP contribution in [0, 0.1) is 11.3 Å². The number of alkyl halides is 2. The molecule has 8 nitrogen and oxygen atoms in total. The van der Waals surface area contributed by atoms with E-state index in [0.29, 0.717) is 4.57 Å². The monoisotopic (exact) mass is 310 g/mol. The number of imidazole rings is 1. The molecule has 2 aromatic heterocycles. The van der Waals surface area contributed by atoms with Gasteiger partial charge in [0.05, 0.1) is 6.54 Å². The van der Waals surface area contributed by atoms with Crippen LogP contribution in [-0.4, -0.2) is 18.7 Å². The number of aromatic nitrogens is 4. The molecule has 1 N–H and O–H groups in total. The molecular weight excluding hydrogens is 298 g/mol. The Morgan fingerprint density at radius 1 is 1.36 bits per heavy atom. The molecule has 10 heteroatoms. The lowest BCUT2D eigenvalue weighted by Crippen LogP contribution is -2.39. The van der Waals surface area contributed by atoms with Crippen molar-refractivity contribution >= 4 is 5.82 Å². The molecule has 0 unspecified atom stereocenters. The third-order valence-electron chi connectivity index (χ3n) is 3.15. The van der Waals surface area contributed by atoms with Crippen molar-refractivity contribution in [3.8, 4) is 6.07 Å². The lowest BCUT2D eigenvalue weighted by molar-refractivity contribution is 0.0672. The highest BCUT2D eigenvalue weighted by molar-refractivity contribution is 5.51. The normalized spacial score (nSPS) is 10.7. The zero-order valence-corrected chi connectivity index (χ0v) is 11.7. The van der Waals surface area contributed by atoms with Gasteiger partial charge in [-0.2, -0.15) is 14.0 Å². The number of rotatable bonds is 4. The summed E-state index contributed by atoms with van der Waals surface area (Å²) in [6.45, 7) is -2.94. The first-order valence-electron chi connectivity index (χ1n) is 6.12. The standard InChI is InChI=1S/C12H12F2N6O2/c1-18-9(7(5-15)10(21)19(2)12(18)22)17-6-8-16-3-4-20(8)11(13)14/h3-4,11,17H,6H2,1-2H3. The highest BCUT2D eigenvalue weighted by Gasteiger charge is 2.17. The Hall–Kier alpha value is -2.96. The van der Waals surface area contributed by atoms with Crippen molar-refractivity contribution in [2.45, 2.75) is 13.1 Å². The van der Waals surface area contributed by atoms with Crippen LogP contribution in [0.25, 0.3) is 0 Å². The predicted molar refractivity (Wildman–Crippen MR) is 72.4 cm³/mol. The molecule has 2 rings (SSSR count). The van der Waals surface area contributed by atoms with Gasteiger partial charge in [0, 0.05) is 26.5 Å². The second-order valence-electron chi connectivity index (χ2n) is 4.42. The van der Waals surface area contributed by atoms with Gasteiger partial charge in [0.2, 0.25) is 0 Å². The van der Waals surface area contributed by atoms with Gasteiger partial charge in [0.15, 0.2) is 5.56 Å². The van der Waals surface area contributed by atoms with Crippen molar-refractivity contribution in [3.05, 3.63) is 44.6 Å². The van der Waals surface area contributed by atoms with Crippen LogP contribution in [0.2, 0.25) is 0 Å². The van der Waals surface area contributed by atoms with E-state index in [-0.39, 0.29) is 23.8 Å². The average Bonchev–Trinajstić information content (AvgIpc) is 2.96. The van der Waals surface area contributed by atoms with Gasteiger partial charge < -0.3 is 5.32 Å². The molecule has 0 spiro atoms. The molecule has 0 radical (unpaired) electrons. The molecule has 0 amide bonds. The van der Waals surface area contributed by atoms with Gasteiger partial charge in [0.1, 0.15) is 17.7 Å². The number of anilines is 1. The largest absolute Gasteiger partial charge is 0.363 e. The summed E-state index contributed by atoms with van der Waals surface area (Å²) in [7, 11) is 2.61. The number of halogens is 2. The maximum atomic E-state index is 12.7. The Balaban J connectivity index is 2.43. The summed E-state index contributed by atoms with van der Waals surface area (Å²) in [6, 6.07) is 1.71. The summed E-state index contributed by atoms with van der Waals surface area (Å²) >= 11 is 0. The van der Waals surface area contributed by atoms with E-state index in [2.05, 4.69) is 10.3 Å². The van der Waals surface area contributed by atoms with E-state index in [4.69, 9.17) is 5.26 Å². The van der Waals surface area contributed by atoms with Crippen molar-refractivity contribution in [2.75, 3.05) is 5.32 Å². The van der Waals surface area contributed by atoms with Crippen LogP contribution >= 0.6 is 0 Å². The second-order valence-corrected chi connectivity index (χ2v) is 4.42. The first kappa shape index (κ1) is 15.4. The zero-order valence-electron chi connectivity index (χ0n) is 11.7. The minimum Gasteiger partial charge on any atom is -0.363 e. The number of hydrogen-bond donors (Lipinski definition) is 1. The third kappa shape index (κ3) is 2.48. The molecule has 0 aliphatic heterocycles. The fraction of sp³-hybridized carbons (Fsp3) is 0.333. The van der Waals surface area contributed by atoms with Crippen LogP contribution in [0.3, 0.4) is 0 Å². The number of nitriles is 1. The molecule has 2 aromatic rings. The first-order valence-corrected chi connectivity index (χ1v) is 6.12. The molecule has 0 saturated carbocycles. The summed E-state index contributed by atoms with van der Waals surface area (Å²) in [5.41, 5.74) is -1.67. The number of nitrogens with zero attached hydrogens (tertiary/aromatic N) is 5. The van der Waals surface area contributed by atoms with Gasteiger partial charge in [-0.25, -0.2) is 9.78 Å². The fourth-order valence-corrected chi connectivity index (χ4v) is 1.97. The Bertz CT molecular complexity index is 858. The van der Waals surface area contributed by atoms with Gasteiger partial charge in [-0.15, -0.1) is 0 Å². The first-order chi connectivity index (χ1) is 10.4. The van der Waals surface area contributed by atoms with Crippen LogP contribution in [-0.2, 0) is 20.6 Å². The van der Waals surface area contributed by atoms with Crippen molar-refractivity contribution < 1.29 is 8.78 Å². The van der Waals surface area contributed by atoms with Gasteiger partial charge in [-0.1, -0.05) is 0 Å². The van der Waals surface area contributed by atoms with Crippen LogP contribution in [0.15, 0.2) is 22.0 Å². The fourth-order valence-electron chi connectivity index (χ4n) is 1.97. The molecule has 22 heavy (non-hydrogen) atoms. The Kier molecular flexibility index (Phi) is 4.07. The molecule has 116 valence electrons. The summed E-state index contributed by atoms with van der Waals surface area (Å²) < 4.78 is 28.0. The van der Waals surface area contributed by atoms with E-state index >= 15 is 0 Å².